The highest BCUT2D eigenvalue weighted by Gasteiger charge is 2.26. The fourth-order valence-corrected chi connectivity index (χ4v) is 2.96. The summed E-state index contributed by atoms with van der Waals surface area (Å²) in [5.41, 5.74) is 1.35. The molecule has 1 heterocycles. The molecule has 0 aliphatic heterocycles. The molecule has 2 aromatic carbocycles. The Morgan fingerprint density at radius 1 is 1.22 bits per heavy atom. The standard InChI is InChI=1S/C20H19N3O4/c1-12(19-11-13-4-2-3-5-18(13)27-19)21-20(24)14-6-9-16(22-15-7-8-15)17(10-14)23(25)26/h2-6,9-12,15,22H,7-8H2,1H3,(H,21,24). The minimum absolute atomic E-state index is 0.0917. The molecule has 1 aliphatic rings. The van der Waals surface area contributed by atoms with Crippen LogP contribution in [-0.4, -0.2) is 16.9 Å². The van der Waals surface area contributed by atoms with Gasteiger partial charge in [-0.3, -0.25) is 14.9 Å². The highest BCUT2D eigenvalue weighted by Crippen LogP contribution is 2.32. The smallest absolute Gasteiger partial charge is 0.293 e. The Balaban J connectivity index is 1.53. The first kappa shape index (κ1) is 17.1. The van der Waals surface area contributed by atoms with Crippen molar-refractivity contribution < 1.29 is 14.1 Å². The average molecular weight is 365 g/mol. The molecule has 7 nitrogen and oxygen atoms in total. The molecule has 1 fully saturated rings. The third-order valence-electron chi connectivity index (χ3n) is 4.61. The highest BCUT2D eigenvalue weighted by atomic mass is 16.6. The largest absolute Gasteiger partial charge is 0.459 e. The highest BCUT2D eigenvalue weighted by molar-refractivity contribution is 5.96. The number of nitrogens with zero attached hydrogens (tertiary/aromatic N) is 1. The van der Waals surface area contributed by atoms with Crippen LogP contribution < -0.4 is 10.6 Å². The third-order valence-corrected chi connectivity index (χ3v) is 4.61. The summed E-state index contributed by atoms with van der Waals surface area (Å²) in [5, 5.41) is 18.3. The number of hydrogen-bond acceptors (Lipinski definition) is 5. The normalized spacial score (nSPS) is 14.7. The number of amides is 1. The zero-order valence-electron chi connectivity index (χ0n) is 14.8. The van der Waals surface area contributed by atoms with Gasteiger partial charge >= 0.3 is 0 Å². The molecule has 1 unspecified atom stereocenters. The summed E-state index contributed by atoms with van der Waals surface area (Å²) >= 11 is 0. The van der Waals surface area contributed by atoms with Gasteiger partial charge in [0.15, 0.2) is 0 Å². The minimum Gasteiger partial charge on any atom is -0.459 e. The van der Waals surface area contributed by atoms with E-state index < -0.39 is 4.92 Å². The first-order valence-corrected chi connectivity index (χ1v) is 8.85. The number of carbonyl (C=O) groups is 1. The second kappa shape index (κ2) is 6.75. The van der Waals surface area contributed by atoms with Gasteiger partial charge in [-0.05, 0) is 44.0 Å². The lowest BCUT2D eigenvalue weighted by atomic mass is 10.1. The van der Waals surface area contributed by atoms with E-state index in [1.165, 1.54) is 6.07 Å². The molecule has 1 aromatic heterocycles. The first-order valence-electron chi connectivity index (χ1n) is 8.85. The van der Waals surface area contributed by atoms with Crippen molar-refractivity contribution in [3.8, 4) is 0 Å². The van der Waals surface area contributed by atoms with Gasteiger partial charge in [-0.25, -0.2) is 0 Å². The van der Waals surface area contributed by atoms with Gasteiger partial charge in [0.05, 0.1) is 11.0 Å². The summed E-state index contributed by atoms with van der Waals surface area (Å²) in [6, 6.07) is 13.9. The van der Waals surface area contributed by atoms with E-state index >= 15 is 0 Å². The van der Waals surface area contributed by atoms with Crippen molar-refractivity contribution in [3.05, 3.63) is 70.0 Å². The Morgan fingerprint density at radius 2 is 2.00 bits per heavy atom. The van der Waals surface area contributed by atoms with Crippen LogP contribution in [0.2, 0.25) is 0 Å². The predicted octanol–water partition coefficient (Wildman–Crippen LogP) is 4.41. The molecule has 1 atom stereocenters. The lowest BCUT2D eigenvalue weighted by molar-refractivity contribution is -0.384. The van der Waals surface area contributed by atoms with E-state index in [1.807, 2.05) is 37.3 Å². The molecule has 0 bridgehead atoms. The molecule has 2 N–H and O–H groups in total. The molecule has 0 spiro atoms. The van der Waals surface area contributed by atoms with E-state index in [-0.39, 0.29) is 29.2 Å². The number of nitro benzene ring substituents is 1. The van der Waals surface area contributed by atoms with Gasteiger partial charge in [-0.15, -0.1) is 0 Å². The molecule has 0 saturated heterocycles. The number of carbonyl (C=O) groups excluding carboxylic acids is 1. The second-order valence-electron chi connectivity index (χ2n) is 6.79. The number of fused-ring (bicyclic) bond motifs is 1. The van der Waals surface area contributed by atoms with Crippen LogP contribution in [0.5, 0.6) is 0 Å². The van der Waals surface area contributed by atoms with E-state index in [4.69, 9.17) is 4.42 Å². The van der Waals surface area contributed by atoms with Gasteiger partial charge in [0.25, 0.3) is 11.6 Å². The van der Waals surface area contributed by atoms with Gasteiger partial charge in [0, 0.05) is 23.1 Å². The molecule has 138 valence electrons. The van der Waals surface area contributed by atoms with E-state index in [1.54, 1.807) is 12.1 Å². The number of rotatable bonds is 6. The monoisotopic (exact) mass is 365 g/mol. The quantitative estimate of drug-likeness (QED) is 0.498. The zero-order chi connectivity index (χ0) is 19.0. The van der Waals surface area contributed by atoms with Gasteiger partial charge in [0.1, 0.15) is 17.0 Å². The van der Waals surface area contributed by atoms with Gasteiger partial charge in [0.2, 0.25) is 0 Å². The van der Waals surface area contributed by atoms with Crippen LogP contribution in [-0.2, 0) is 0 Å². The Bertz CT molecular complexity index is 990. The van der Waals surface area contributed by atoms with Crippen LogP contribution >= 0.6 is 0 Å². The molecular formula is C20H19N3O4. The molecular weight excluding hydrogens is 346 g/mol. The Morgan fingerprint density at radius 3 is 2.70 bits per heavy atom. The van der Waals surface area contributed by atoms with Crippen LogP contribution in [0.15, 0.2) is 52.9 Å². The van der Waals surface area contributed by atoms with E-state index in [0.29, 0.717) is 11.4 Å². The lowest BCUT2D eigenvalue weighted by Crippen LogP contribution is -2.26. The topological polar surface area (TPSA) is 97.4 Å². The predicted molar refractivity (Wildman–Crippen MR) is 102 cm³/mol. The maximum atomic E-state index is 12.6. The molecule has 4 rings (SSSR count). The second-order valence-corrected chi connectivity index (χ2v) is 6.79. The molecule has 1 amide bonds. The fourth-order valence-electron chi connectivity index (χ4n) is 2.96. The van der Waals surface area contributed by atoms with E-state index in [9.17, 15) is 14.9 Å². The van der Waals surface area contributed by atoms with Crippen molar-refractivity contribution >= 4 is 28.3 Å². The van der Waals surface area contributed by atoms with Crippen molar-refractivity contribution in [1.82, 2.24) is 5.32 Å². The maximum Gasteiger partial charge on any atom is 0.293 e. The Kier molecular flexibility index (Phi) is 4.27. The zero-order valence-corrected chi connectivity index (χ0v) is 14.8. The Hall–Kier alpha value is -3.35. The summed E-state index contributed by atoms with van der Waals surface area (Å²) in [5.74, 6) is 0.245. The van der Waals surface area contributed by atoms with E-state index in [0.717, 1.165) is 23.8 Å². The molecule has 3 aromatic rings. The Labute approximate surface area is 155 Å². The SMILES string of the molecule is CC(NC(=O)c1ccc(NC2CC2)c([N+](=O)[O-])c1)c1cc2ccccc2o1. The summed E-state index contributed by atoms with van der Waals surface area (Å²) in [4.78, 5) is 23.5. The van der Waals surface area contributed by atoms with Crippen molar-refractivity contribution in [2.24, 2.45) is 0 Å². The van der Waals surface area contributed by atoms with Gasteiger partial charge < -0.3 is 15.1 Å². The van der Waals surface area contributed by atoms with Crippen LogP contribution in [0, 0.1) is 10.1 Å². The molecule has 1 saturated carbocycles. The van der Waals surface area contributed by atoms with Crippen molar-refractivity contribution in [1.29, 1.82) is 0 Å². The van der Waals surface area contributed by atoms with Crippen LogP contribution in [0.4, 0.5) is 11.4 Å². The van der Waals surface area contributed by atoms with Crippen LogP contribution in [0.1, 0.15) is 41.9 Å². The number of nitrogens with one attached hydrogen (secondary N) is 2. The molecule has 27 heavy (non-hydrogen) atoms. The summed E-state index contributed by atoms with van der Waals surface area (Å²) in [6.07, 6.45) is 2.02. The lowest BCUT2D eigenvalue weighted by Gasteiger charge is -2.12. The summed E-state index contributed by atoms with van der Waals surface area (Å²) < 4.78 is 5.77. The van der Waals surface area contributed by atoms with Crippen molar-refractivity contribution in [3.63, 3.8) is 0 Å². The number of hydrogen-bond donors (Lipinski definition) is 2. The molecule has 1 aliphatic carbocycles. The van der Waals surface area contributed by atoms with Crippen LogP contribution in [0.25, 0.3) is 11.0 Å². The summed E-state index contributed by atoms with van der Waals surface area (Å²) in [6.45, 7) is 1.81. The van der Waals surface area contributed by atoms with E-state index in [2.05, 4.69) is 10.6 Å². The van der Waals surface area contributed by atoms with Crippen molar-refractivity contribution in [2.75, 3.05) is 5.32 Å². The first-order chi connectivity index (χ1) is 13.0. The van der Waals surface area contributed by atoms with Gasteiger partial charge in [-0.2, -0.15) is 0 Å². The third kappa shape index (κ3) is 3.62. The maximum absolute atomic E-state index is 12.6. The number of nitro groups is 1. The minimum atomic E-state index is -0.468. The number of anilines is 1. The number of furan rings is 1. The number of benzene rings is 2. The molecule has 7 heteroatoms. The van der Waals surface area contributed by atoms with Crippen molar-refractivity contribution in [2.45, 2.75) is 31.8 Å². The molecule has 0 radical (unpaired) electrons. The van der Waals surface area contributed by atoms with Gasteiger partial charge in [-0.1, -0.05) is 18.2 Å². The average Bonchev–Trinajstić information content (AvgIpc) is 3.36. The summed E-state index contributed by atoms with van der Waals surface area (Å²) in [7, 11) is 0. The fraction of sp³-hybridized carbons (Fsp3) is 0.250. The van der Waals surface area contributed by atoms with Crippen LogP contribution in [0.3, 0.4) is 0 Å². The number of para-hydroxylation sites is 1.